The summed E-state index contributed by atoms with van der Waals surface area (Å²) in [5, 5.41) is 39.7. The molecular formula is C21H32O6. The number of aliphatic hydroxyl groups is 4. The van der Waals surface area contributed by atoms with Crippen molar-refractivity contribution >= 4 is 0 Å². The van der Waals surface area contributed by atoms with Gasteiger partial charge in [0.1, 0.15) is 30.2 Å². The van der Waals surface area contributed by atoms with Crippen LogP contribution in [0.3, 0.4) is 0 Å². The van der Waals surface area contributed by atoms with Crippen LogP contribution >= 0.6 is 0 Å². The summed E-state index contributed by atoms with van der Waals surface area (Å²) in [6.45, 7) is 12.1. The molecule has 27 heavy (non-hydrogen) atoms. The van der Waals surface area contributed by atoms with E-state index in [1.54, 1.807) is 0 Å². The SMILES string of the molecule is C=C(C)C1=C(O[C@@H]2O[C@H](CO)[C@@H](O)[C@H](O)[C@H]2O)CC2(C)CCCCC2C1=C. The van der Waals surface area contributed by atoms with E-state index >= 15 is 0 Å². The van der Waals surface area contributed by atoms with E-state index in [1.807, 2.05) is 6.92 Å². The van der Waals surface area contributed by atoms with Crippen LogP contribution in [-0.4, -0.2) is 57.7 Å². The highest BCUT2D eigenvalue weighted by Crippen LogP contribution is 2.55. The number of aliphatic hydroxyl groups excluding tert-OH is 4. The molecule has 3 rings (SSSR count). The molecule has 1 aliphatic heterocycles. The van der Waals surface area contributed by atoms with Gasteiger partial charge in [0.25, 0.3) is 0 Å². The van der Waals surface area contributed by atoms with Crippen molar-refractivity contribution in [3.8, 4) is 0 Å². The van der Waals surface area contributed by atoms with Gasteiger partial charge in [-0.05, 0) is 42.2 Å². The molecule has 0 aromatic heterocycles. The molecule has 0 aromatic rings. The van der Waals surface area contributed by atoms with Crippen LogP contribution in [0.2, 0.25) is 0 Å². The van der Waals surface area contributed by atoms with Crippen LogP contribution in [0, 0.1) is 11.3 Å². The lowest BCUT2D eigenvalue weighted by atomic mass is 9.58. The summed E-state index contributed by atoms with van der Waals surface area (Å²) in [6.07, 6.45) is -1.27. The van der Waals surface area contributed by atoms with E-state index in [0.29, 0.717) is 18.1 Å². The van der Waals surface area contributed by atoms with Gasteiger partial charge in [0.2, 0.25) is 6.29 Å². The summed E-state index contributed by atoms with van der Waals surface area (Å²) in [5.41, 5.74) is 2.75. The molecule has 3 aliphatic rings. The van der Waals surface area contributed by atoms with E-state index in [0.717, 1.165) is 36.0 Å². The van der Waals surface area contributed by atoms with E-state index in [2.05, 4.69) is 20.1 Å². The van der Waals surface area contributed by atoms with Crippen molar-refractivity contribution in [2.24, 2.45) is 11.3 Å². The molecule has 152 valence electrons. The second-order valence-corrected chi connectivity index (χ2v) is 8.55. The Morgan fingerprint density at radius 1 is 1.22 bits per heavy atom. The van der Waals surface area contributed by atoms with Crippen LogP contribution in [0.4, 0.5) is 0 Å². The third kappa shape index (κ3) is 3.61. The van der Waals surface area contributed by atoms with Crippen molar-refractivity contribution < 1.29 is 29.9 Å². The number of fused-ring (bicyclic) bond motifs is 1. The first-order valence-electron chi connectivity index (χ1n) is 9.75. The van der Waals surface area contributed by atoms with Gasteiger partial charge in [0, 0.05) is 12.0 Å². The van der Waals surface area contributed by atoms with E-state index in [9.17, 15) is 20.4 Å². The maximum Gasteiger partial charge on any atom is 0.228 e. The Hall–Kier alpha value is -1.18. The van der Waals surface area contributed by atoms with Crippen molar-refractivity contribution in [3.63, 3.8) is 0 Å². The lowest BCUT2D eigenvalue weighted by Crippen LogP contribution is -2.59. The maximum atomic E-state index is 10.3. The van der Waals surface area contributed by atoms with Crippen molar-refractivity contribution in [1.82, 2.24) is 0 Å². The van der Waals surface area contributed by atoms with Gasteiger partial charge in [-0.15, -0.1) is 0 Å². The average molecular weight is 380 g/mol. The fourth-order valence-electron chi connectivity index (χ4n) is 4.93. The molecule has 0 spiro atoms. The Labute approximate surface area is 160 Å². The average Bonchev–Trinajstić information content (AvgIpc) is 2.61. The highest BCUT2D eigenvalue weighted by atomic mass is 16.7. The van der Waals surface area contributed by atoms with E-state index in [-0.39, 0.29) is 5.41 Å². The Bertz CT molecular complexity index is 639. The minimum absolute atomic E-state index is 0.0255. The molecule has 1 heterocycles. The molecule has 7 atom stereocenters. The molecule has 1 saturated heterocycles. The highest BCUT2D eigenvalue weighted by Gasteiger charge is 2.48. The van der Waals surface area contributed by atoms with Gasteiger partial charge in [-0.3, -0.25) is 0 Å². The number of allylic oxidation sites excluding steroid dienone is 4. The smallest absolute Gasteiger partial charge is 0.228 e. The number of hydrogen-bond acceptors (Lipinski definition) is 6. The molecule has 4 N–H and O–H groups in total. The molecular weight excluding hydrogens is 348 g/mol. The van der Waals surface area contributed by atoms with Crippen LogP contribution in [0.15, 0.2) is 35.6 Å². The fourth-order valence-corrected chi connectivity index (χ4v) is 4.93. The Balaban J connectivity index is 1.91. The van der Waals surface area contributed by atoms with Gasteiger partial charge in [0.05, 0.1) is 6.61 Å². The molecule has 0 aromatic carbocycles. The molecule has 0 radical (unpaired) electrons. The molecule has 6 nitrogen and oxygen atoms in total. The second kappa shape index (κ2) is 7.68. The third-order valence-corrected chi connectivity index (χ3v) is 6.45. The van der Waals surface area contributed by atoms with Gasteiger partial charge < -0.3 is 29.9 Å². The summed E-state index contributed by atoms with van der Waals surface area (Å²) in [4.78, 5) is 0. The molecule has 6 heteroatoms. The summed E-state index contributed by atoms with van der Waals surface area (Å²) >= 11 is 0. The van der Waals surface area contributed by atoms with Gasteiger partial charge in [-0.2, -0.15) is 0 Å². The van der Waals surface area contributed by atoms with Gasteiger partial charge in [0.15, 0.2) is 0 Å². The van der Waals surface area contributed by atoms with Crippen LogP contribution in [0.25, 0.3) is 0 Å². The molecule has 2 unspecified atom stereocenters. The van der Waals surface area contributed by atoms with Crippen LogP contribution in [0.1, 0.15) is 46.0 Å². The Kier molecular flexibility index (Phi) is 5.85. The zero-order chi connectivity index (χ0) is 19.9. The second-order valence-electron chi connectivity index (χ2n) is 8.55. The summed E-state index contributed by atoms with van der Waals surface area (Å²) < 4.78 is 11.6. The predicted octanol–water partition coefficient (Wildman–Crippen LogP) is 1.79. The van der Waals surface area contributed by atoms with Crippen LogP contribution < -0.4 is 0 Å². The Morgan fingerprint density at radius 3 is 2.56 bits per heavy atom. The molecule has 0 bridgehead atoms. The van der Waals surface area contributed by atoms with Crippen molar-refractivity contribution in [3.05, 3.63) is 35.6 Å². The highest BCUT2D eigenvalue weighted by molar-refractivity contribution is 5.49. The van der Waals surface area contributed by atoms with Crippen LogP contribution in [-0.2, 0) is 9.47 Å². The first-order valence-corrected chi connectivity index (χ1v) is 9.75. The van der Waals surface area contributed by atoms with Crippen molar-refractivity contribution in [2.45, 2.75) is 76.7 Å². The standard InChI is InChI=1S/C21H32O6/c1-11(2)16-12(3)13-7-5-6-8-21(13,4)9-14(16)26-20-19(25)18(24)17(23)15(10-22)27-20/h13,15,17-20,22-25H,1,3,5-10H2,2,4H3/t13?,15-,17-,18+,19-,20-,21?/m1/s1. The monoisotopic (exact) mass is 380 g/mol. The van der Waals surface area contributed by atoms with E-state index in [4.69, 9.17) is 9.47 Å². The number of hydrogen-bond donors (Lipinski definition) is 4. The minimum Gasteiger partial charge on any atom is -0.466 e. The Morgan fingerprint density at radius 2 is 1.93 bits per heavy atom. The van der Waals surface area contributed by atoms with E-state index < -0.39 is 37.3 Å². The maximum absolute atomic E-state index is 10.3. The predicted molar refractivity (Wildman–Crippen MR) is 101 cm³/mol. The van der Waals surface area contributed by atoms with Gasteiger partial charge in [-0.25, -0.2) is 0 Å². The number of rotatable bonds is 4. The topological polar surface area (TPSA) is 99.4 Å². The molecule has 2 aliphatic carbocycles. The largest absolute Gasteiger partial charge is 0.466 e. The zero-order valence-electron chi connectivity index (χ0n) is 16.2. The first-order chi connectivity index (χ1) is 12.7. The lowest BCUT2D eigenvalue weighted by molar-refractivity contribution is -0.293. The minimum atomic E-state index is -1.46. The molecule has 1 saturated carbocycles. The summed E-state index contributed by atoms with van der Waals surface area (Å²) in [5.74, 6) is 1.03. The number of ether oxygens (including phenoxy) is 2. The lowest BCUT2D eigenvalue weighted by Gasteiger charge is -2.48. The van der Waals surface area contributed by atoms with Crippen LogP contribution in [0.5, 0.6) is 0 Å². The van der Waals surface area contributed by atoms with Gasteiger partial charge in [-0.1, -0.05) is 32.9 Å². The van der Waals surface area contributed by atoms with Gasteiger partial charge >= 0.3 is 0 Å². The van der Waals surface area contributed by atoms with Crippen molar-refractivity contribution in [1.29, 1.82) is 0 Å². The quantitative estimate of drug-likeness (QED) is 0.593. The third-order valence-electron chi connectivity index (χ3n) is 6.45. The van der Waals surface area contributed by atoms with Crippen molar-refractivity contribution in [2.75, 3.05) is 6.61 Å². The molecule has 0 amide bonds. The normalized spacial score (nSPS) is 42.7. The summed E-state index contributed by atoms with van der Waals surface area (Å²) in [7, 11) is 0. The molecule has 2 fully saturated rings. The summed E-state index contributed by atoms with van der Waals surface area (Å²) in [6, 6.07) is 0. The zero-order valence-corrected chi connectivity index (χ0v) is 16.2. The first kappa shape index (κ1) is 20.6. The van der Waals surface area contributed by atoms with E-state index in [1.165, 1.54) is 6.42 Å². The fraction of sp³-hybridized carbons (Fsp3) is 0.714.